The number of nitrogens with zero attached hydrogens (tertiary/aromatic N) is 1. The van der Waals surface area contributed by atoms with Gasteiger partial charge in [-0.05, 0) is 64.0 Å². The van der Waals surface area contributed by atoms with Crippen molar-refractivity contribution in [2.24, 2.45) is 5.92 Å². The van der Waals surface area contributed by atoms with Gasteiger partial charge < -0.3 is 15.5 Å². The molecule has 1 heterocycles. The van der Waals surface area contributed by atoms with Crippen molar-refractivity contribution < 1.29 is 0 Å². The number of nitrogens with one attached hydrogen (secondary N) is 2. The Balaban J connectivity index is 2.00. The van der Waals surface area contributed by atoms with Gasteiger partial charge in [-0.1, -0.05) is 6.92 Å². The number of hydrogen-bond acceptors (Lipinski definition) is 2. The fourth-order valence-corrected chi connectivity index (χ4v) is 2.25. The first-order valence-corrected chi connectivity index (χ1v) is 6.83. The molecule has 1 aliphatic rings. The van der Waals surface area contributed by atoms with Crippen molar-refractivity contribution in [3.05, 3.63) is 0 Å². The molecule has 0 bridgehead atoms. The van der Waals surface area contributed by atoms with E-state index in [-0.39, 0.29) is 0 Å². The summed E-state index contributed by atoms with van der Waals surface area (Å²) in [7, 11) is 2.21. The molecular formula is C12H25N3S. The SMILES string of the molecule is CCCNC(=S)NCCC1CCN(C)CC1. The molecule has 0 radical (unpaired) electrons. The third kappa shape index (κ3) is 5.66. The lowest BCUT2D eigenvalue weighted by Crippen LogP contribution is -2.37. The lowest BCUT2D eigenvalue weighted by atomic mass is 9.94. The summed E-state index contributed by atoms with van der Waals surface area (Å²) in [5, 5.41) is 7.29. The van der Waals surface area contributed by atoms with Gasteiger partial charge in [-0.3, -0.25) is 0 Å². The number of rotatable bonds is 5. The molecule has 0 aromatic rings. The molecule has 0 aliphatic carbocycles. The highest BCUT2D eigenvalue weighted by atomic mass is 32.1. The van der Waals surface area contributed by atoms with Crippen LogP contribution >= 0.6 is 12.2 Å². The summed E-state index contributed by atoms with van der Waals surface area (Å²) in [6.45, 7) is 6.64. The lowest BCUT2D eigenvalue weighted by molar-refractivity contribution is 0.213. The summed E-state index contributed by atoms with van der Waals surface area (Å²) in [5.41, 5.74) is 0. The van der Waals surface area contributed by atoms with Crippen LogP contribution < -0.4 is 10.6 Å². The van der Waals surface area contributed by atoms with Crippen LogP contribution in [0.3, 0.4) is 0 Å². The maximum atomic E-state index is 5.17. The lowest BCUT2D eigenvalue weighted by Gasteiger charge is -2.29. The number of hydrogen-bond donors (Lipinski definition) is 2. The summed E-state index contributed by atoms with van der Waals surface area (Å²) in [6.07, 6.45) is 5.05. The second-order valence-corrected chi connectivity index (χ2v) is 5.13. The van der Waals surface area contributed by atoms with Crippen molar-refractivity contribution in [2.75, 3.05) is 33.2 Å². The second kappa shape index (κ2) is 7.85. The van der Waals surface area contributed by atoms with Crippen LogP contribution in [0.1, 0.15) is 32.6 Å². The molecule has 0 atom stereocenters. The molecule has 1 saturated heterocycles. The van der Waals surface area contributed by atoms with E-state index in [4.69, 9.17) is 12.2 Å². The van der Waals surface area contributed by atoms with Crippen molar-refractivity contribution in [1.29, 1.82) is 0 Å². The molecule has 16 heavy (non-hydrogen) atoms. The maximum Gasteiger partial charge on any atom is 0.166 e. The Morgan fingerprint density at radius 1 is 1.25 bits per heavy atom. The summed E-state index contributed by atoms with van der Waals surface area (Å²) in [4.78, 5) is 2.41. The van der Waals surface area contributed by atoms with E-state index in [0.29, 0.717) is 0 Å². The van der Waals surface area contributed by atoms with E-state index in [2.05, 4.69) is 29.5 Å². The van der Waals surface area contributed by atoms with Gasteiger partial charge in [0.1, 0.15) is 0 Å². The Labute approximate surface area is 105 Å². The first kappa shape index (κ1) is 13.7. The molecule has 0 saturated carbocycles. The van der Waals surface area contributed by atoms with Crippen LogP contribution in [0.25, 0.3) is 0 Å². The van der Waals surface area contributed by atoms with E-state index >= 15 is 0 Å². The molecule has 94 valence electrons. The Kier molecular flexibility index (Phi) is 6.73. The van der Waals surface area contributed by atoms with Gasteiger partial charge in [-0.25, -0.2) is 0 Å². The highest BCUT2D eigenvalue weighted by Gasteiger charge is 2.15. The van der Waals surface area contributed by atoms with Gasteiger partial charge in [0, 0.05) is 13.1 Å². The van der Waals surface area contributed by atoms with Crippen molar-refractivity contribution in [3.8, 4) is 0 Å². The molecule has 3 nitrogen and oxygen atoms in total. The maximum absolute atomic E-state index is 5.17. The number of likely N-dealkylation sites (tertiary alicyclic amines) is 1. The van der Waals surface area contributed by atoms with Gasteiger partial charge >= 0.3 is 0 Å². The van der Waals surface area contributed by atoms with Crippen LogP contribution in [0.5, 0.6) is 0 Å². The third-order valence-corrected chi connectivity index (χ3v) is 3.50. The Morgan fingerprint density at radius 2 is 1.88 bits per heavy atom. The van der Waals surface area contributed by atoms with Crippen LogP contribution in [0, 0.1) is 5.92 Å². The minimum absolute atomic E-state index is 0.815. The van der Waals surface area contributed by atoms with Crippen molar-refractivity contribution in [3.63, 3.8) is 0 Å². The third-order valence-electron chi connectivity index (χ3n) is 3.21. The van der Waals surface area contributed by atoms with Gasteiger partial charge in [0.05, 0.1) is 0 Å². The predicted octanol–water partition coefficient (Wildman–Crippen LogP) is 1.59. The molecule has 2 N–H and O–H groups in total. The largest absolute Gasteiger partial charge is 0.363 e. The zero-order chi connectivity index (χ0) is 11.8. The zero-order valence-electron chi connectivity index (χ0n) is 10.6. The molecule has 1 fully saturated rings. The minimum atomic E-state index is 0.815. The van der Waals surface area contributed by atoms with Crippen LogP contribution in [0.15, 0.2) is 0 Å². The fourth-order valence-electron chi connectivity index (χ4n) is 2.04. The van der Waals surface area contributed by atoms with E-state index in [1.165, 1.54) is 32.4 Å². The smallest absolute Gasteiger partial charge is 0.166 e. The van der Waals surface area contributed by atoms with Gasteiger partial charge in [-0.2, -0.15) is 0 Å². The zero-order valence-corrected chi connectivity index (χ0v) is 11.4. The highest BCUT2D eigenvalue weighted by Crippen LogP contribution is 2.18. The van der Waals surface area contributed by atoms with Crippen LogP contribution in [0.4, 0.5) is 0 Å². The van der Waals surface area contributed by atoms with Crippen molar-refractivity contribution in [1.82, 2.24) is 15.5 Å². The quantitative estimate of drug-likeness (QED) is 0.717. The monoisotopic (exact) mass is 243 g/mol. The Hall–Kier alpha value is -0.350. The van der Waals surface area contributed by atoms with Gasteiger partial charge in [0.15, 0.2) is 5.11 Å². The molecule has 0 spiro atoms. The number of thiocarbonyl (C=S) groups is 1. The topological polar surface area (TPSA) is 27.3 Å². The standard InChI is InChI=1S/C12H25N3S/c1-3-7-13-12(16)14-8-4-11-5-9-15(2)10-6-11/h11H,3-10H2,1-2H3,(H2,13,14,16). The first-order chi connectivity index (χ1) is 7.72. The number of piperidine rings is 1. The minimum Gasteiger partial charge on any atom is -0.363 e. The van der Waals surface area contributed by atoms with Gasteiger partial charge in [-0.15, -0.1) is 0 Å². The molecule has 1 rings (SSSR count). The summed E-state index contributed by atoms with van der Waals surface area (Å²) in [5.74, 6) is 0.887. The normalized spacial score (nSPS) is 18.4. The van der Waals surface area contributed by atoms with E-state index in [0.717, 1.165) is 30.5 Å². The molecular weight excluding hydrogens is 218 g/mol. The van der Waals surface area contributed by atoms with Crippen LogP contribution in [-0.2, 0) is 0 Å². The Morgan fingerprint density at radius 3 is 2.50 bits per heavy atom. The average molecular weight is 243 g/mol. The van der Waals surface area contributed by atoms with Crippen molar-refractivity contribution in [2.45, 2.75) is 32.6 Å². The molecule has 0 aromatic carbocycles. The second-order valence-electron chi connectivity index (χ2n) is 4.72. The molecule has 0 aromatic heterocycles. The molecule has 0 unspecified atom stereocenters. The fraction of sp³-hybridized carbons (Fsp3) is 0.917. The summed E-state index contributed by atoms with van der Waals surface area (Å²) < 4.78 is 0. The van der Waals surface area contributed by atoms with Gasteiger partial charge in [0.2, 0.25) is 0 Å². The predicted molar refractivity (Wildman–Crippen MR) is 73.7 cm³/mol. The van der Waals surface area contributed by atoms with E-state index in [1.807, 2.05) is 0 Å². The average Bonchev–Trinajstić information content (AvgIpc) is 2.29. The molecule has 4 heteroatoms. The first-order valence-electron chi connectivity index (χ1n) is 6.42. The van der Waals surface area contributed by atoms with Crippen molar-refractivity contribution >= 4 is 17.3 Å². The molecule has 0 amide bonds. The van der Waals surface area contributed by atoms with E-state index < -0.39 is 0 Å². The summed E-state index contributed by atoms with van der Waals surface area (Å²) >= 11 is 5.17. The molecule has 1 aliphatic heterocycles. The van der Waals surface area contributed by atoms with Crippen LogP contribution in [-0.4, -0.2) is 43.2 Å². The van der Waals surface area contributed by atoms with E-state index in [9.17, 15) is 0 Å². The summed E-state index contributed by atoms with van der Waals surface area (Å²) in [6, 6.07) is 0. The van der Waals surface area contributed by atoms with Gasteiger partial charge in [0.25, 0.3) is 0 Å². The van der Waals surface area contributed by atoms with Crippen LogP contribution in [0.2, 0.25) is 0 Å². The highest BCUT2D eigenvalue weighted by molar-refractivity contribution is 7.80. The Bertz CT molecular complexity index is 200. The van der Waals surface area contributed by atoms with E-state index in [1.54, 1.807) is 0 Å².